The van der Waals surface area contributed by atoms with Gasteiger partial charge < -0.3 is 14.9 Å². The Morgan fingerprint density at radius 3 is 2.43 bits per heavy atom. The zero-order chi connectivity index (χ0) is 19.9. The molecule has 28 heavy (non-hydrogen) atoms. The Kier molecular flexibility index (Phi) is 4.89. The van der Waals surface area contributed by atoms with Crippen LogP contribution in [0.2, 0.25) is 0 Å². The van der Waals surface area contributed by atoms with Gasteiger partial charge in [0.25, 0.3) is 0 Å². The fraction of sp³-hybridized carbons (Fsp3) is 0.591. The van der Waals surface area contributed by atoms with E-state index in [1.165, 1.54) is 5.56 Å². The lowest BCUT2D eigenvalue weighted by Gasteiger charge is -2.34. The van der Waals surface area contributed by atoms with Crippen LogP contribution in [0.15, 0.2) is 24.3 Å². The highest BCUT2D eigenvalue weighted by Crippen LogP contribution is 2.59. The Labute approximate surface area is 165 Å². The quantitative estimate of drug-likeness (QED) is 0.847. The van der Waals surface area contributed by atoms with Crippen molar-refractivity contribution in [3.8, 4) is 0 Å². The molecule has 1 aromatic rings. The monoisotopic (exact) mass is 384 g/mol. The summed E-state index contributed by atoms with van der Waals surface area (Å²) in [6, 6.07) is 8.05. The molecule has 2 amide bonds. The van der Waals surface area contributed by atoms with E-state index in [2.05, 4.69) is 19.1 Å². The van der Waals surface area contributed by atoms with Crippen molar-refractivity contribution in [2.24, 2.45) is 17.3 Å². The molecule has 2 heterocycles. The molecule has 3 aliphatic rings. The van der Waals surface area contributed by atoms with Crippen LogP contribution in [0, 0.1) is 17.3 Å². The third-order valence-electron chi connectivity index (χ3n) is 6.82. The highest BCUT2D eigenvalue weighted by Gasteiger charge is 2.59. The minimum atomic E-state index is -0.707. The number of carbonyl (C=O) groups is 3. The SMILES string of the molecule is CCCc1ccc(N2CC(C(=O)N3CCC4(CC3)CC4C(=O)O)CC2=O)cc1. The van der Waals surface area contributed by atoms with Crippen LogP contribution >= 0.6 is 0 Å². The van der Waals surface area contributed by atoms with Crippen molar-refractivity contribution in [1.29, 1.82) is 0 Å². The molecular weight excluding hydrogens is 356 g/mol. The number of carbonyl (C=O) groups excluding carboxylic acids is 2. The van der Waals surface area contributed by atoms with Gasteiger partial charge in [0.15, 0.2) is 0 Å². The van der Waals surface area contributed by atoms with Gasteiger partial charge in [-0.05, 0) is 48.8 Å². The lowest BCUT2D eigenvalue weighted by atomic mass is 9.90. The maximum Gasteiger partial charge on any atom is 0.307 e. The number of hydrogen-bond acceptors (Lipinski definition) is 3. The van der Waals surface area contributed by atoms with Crippen molar-refractivity contribution in [3.05, 3.63) is 29.8 Å². The number of likely N-dealkylation sites (tertiary alicyclic amines) is 1. The topological polar surface area (TPSA) is 77.9 Å². The van der Waals surface area contributed by atoms with Gasteiger partial charge in [-0.15, -0.1) is 0 Å². The summed E-state index contributed by atoms with van der Waals surface area (Å²) in [6.45, 7) is 3.80. The van der Waals surface area contributed by atoms with E-state index < -0.39 is 5.97 Å². The van der Waals surface area contributed by atoms with E-state index in [0.29, 0.717) is 19.6 Å². The van der Waals surface area contributed by atoms with E-state index in [9.17, 15) is 19.5 Å². The molecule has 0 radical (unpaired) electrons. The van der Waals surface area contributed by atoms with Gasteiger partial charge in [0.05, 0.1) is 11.8 Å². The number of nitrogens with zero attached hydrogens (tertiary/aromatic N) is 2. The molecule has 2 atom stereocenters. The molecule has 150 valence electrons. The number of aliphatic carboxylic acids is 1. The molecule has 3 fully saturated rings. The number of amides is 2. The van der Waals surface area contributed by atoms with E-state index in [4.69, 9.17) is 0 Å². The van der Waals surface area contributed by atoms with Crippen LogP contribution in [0.5, 0.6) is 0 Å². The van der Waals surface area contributed by atoms with E-state index in [-0.39, 0.29) is 35.5 Å². The minimum absolute atomic E-state index is 0.00297. The molecule has 1 saturated carbocycles. The van der Waals surface area contributed by atoms with Gasteiger partial charge in [-0.2, -0.15) is 0 Å². The zero-order valence-electron chi connectivity index (χ0n) is 16.4. The number of anilines is 1. The molecule has 6 heteroatoms. The normalized spacial score (nSPS) is 26.0. The van der Waals surface area contributed by atoms with Gasteiger partial charge in [0.1, 0.15) is 0 Å². The number of benzene rings is 1. The van der Waals surface area contributed by atoms with Gasteiger partial charge in [-0.1, -0.05) is 25.5 Å². The number of hydrogen-bond donors (Lipinski definition) is 1. The average Bonchev–Trinajstić information content (AvgIpc) is 3.25. The third kappa shape index (κ3) is 3.40. The number of carboxylic acid groups (broad SMARTS) is 1. The first kappa shape index (κ1) is 19.0. The summed E-state index contributed by atoms with van der Waals surface area (Å²) in [5.41, 5.74) is 2.04. The Balaban J connectivity index is 1.35. The van der Waals surface area contributed by atoms with Crippen LogP contribution in [0.3, 0.4) is 0 Å². The minimum Gasteiger partial charge on any atom is -0.481 e. The lowest BCUT2D eigenvalue weighted by Crippen LogP contribution is -2.43. The average molecular weight is 384 g/mol. The van der Waals surface area contributed by atoms with Gasteiger partial charge >= 0.3 is 5.97 Å². The predicted molar refractivity (Wildman–Crippen MR) is 105 cm³/mol. The van der Waals surface area contributed by atoms with Crippen LogP contribution in [-0.4, -0.2) is 47.4 Å². The molecule has 0 aromatic heterocycles. The molecule has 2 aliphatic heterocycles. The second kappa shape index (κ2) is 7.22. The fourth-order valence-corrected chi connectivity index (χ4v) is 4.93. The van der Waals surface area contributed by atoms with E-state index in [1.807, 2.05) is 17.0 Å². The summed E-state index contributed by atoms with van der Waals surface area (Å²) in [4.78, 5) is 40.2. The molecule has 1 aliphatic carbocycles. The van der Waals surface area contributed by atoms with Crippen LogP contribution in [0.1, 0.15) is 44.6 Å². The molecule has 1 spiro atoms. The summed E-state index contributed by atoms with van der Waals surface area (Å²) < 4.78 is 0. The summed E-state index contributed by atoms with van der Waals surface area (Å²) >= 11 is 0. The Hall–Kier alpha value is -2.37. The standard InChI is InChI=1S/C22H28N2O4/c1-2-3-15-4-6-17(7-5-15)24-14-16(12-19(24)25)20(26)23-10-8-22(9-11-23)13-18(22)21(27)28/h4-7,16,18H,2-3,8-14H2,1H3,(H,27,28). The van der Waals surface area contributed by atoms with Crippen LogP contribution in [-0.2, 0) is 20.8 Å². The molecule has 0 bridgehead atoms. The van der Waals surface area contributed by atoms with Crippen molar-refractivity contribution in [1.82, 2.24) is 4.90 Å². The van der Waals surface area contributed by atoms with Gasteiger partial charge in [-0.3, -0.25) is 14.4 Å². The van der Waals surface area contributed by atoms with Crippen molar-refractivity contribution in [3.63, 3.8) is 0 Å². The maximum absolute atomic E-state index is 12.9. The Morgan fingerprint density at radius 2 is 1.86 bits per heavy atom. The van der Waals surface area contributed by atoms with Crippen molar-refractivity contribution in [2.75, 3.05) is 24.5 Å². The van der Waals surface area contributed by atoms with E-state index >= 15 is 0 Å². The van der Waals surface area contributed by atoms with Gasteiger partial charge in [0, 0.05) is 31.7 Å². The maximum atomic E-state index is 12.9. The molecule has 2 saturated heterocycles. The summed E-state index contributed by atoms with van der Waals surface area (Å²) in [5, 5.41) is 9.21. The summed E-state index contributed by atoms with van der Waals surface area (Å²) in [6.07, 6.45) is 4.64. The van der Waals surface area contributed by atoms with E-state index in [1.54, 1.807) is 4.90 Å². The summed E-state index contributed by atoms with van der Waals surface area (Å²) in [5.74, 6) is -1.19. The smallest absolute Gasteiger partial charge is 0.307 e. The number of carboxylic acids is 1. The third-order valence-corrected chi connectivity index (χ3v) is 6.82. The van der Waals surface area contributed by atoms with Crippen LogP contribution in [0.4, 0.5) is 5.69 Å². The first-order valence-electron chi connectivity index (χ1n) is 10.3. The van der Waals surface area contributed by atoms with Crippen molar-refractivity contribution < 1.29 is 19.5 Å². The molecule has 1 N–H and O–H groups in total. The molecular formula is C22H28N2O4. The second-order valence-electron chi connectivity index (χ2n) is 8.60. The number of rotatable bonds is 5. The molecule has 1 aromatic carbocycles. The lowest BCUT2D eigenvalue weighted by molar-refractivity contribution is -0.140. The first-order valence-corrected chi connectivity index (χ1v) is 10.3. The highest BCUT2D eigenvalue weighted by atomic mass is 16.4. The highest BCUT2D eigenvalue weighted by molar-refractivity contribution is 6.00. The van der Waals surface area contributed by atoms with Crippen LogP contribution < -0.4 is 4.90 Å². The predicted octanol–water partition coefficient (Wildman–Crippen LogP) is 2.71. The zero-order valence-corrected chi connectivity index (χ0v) is 16.4. The largest absolute Gasteiger partial charge is 0.481 e. The number of piperidine rings is 1. The van der Waals surface area contributed by atoms with Crippen molar-refractivity contribution >= 4 is 23.5 Å². The number of aryl methyl sites for hydroxylation is 1. The molecule has 6 nitrogen and oxygen atoms in total. The summed E-state index contributed by atoms with van der Waals surface area (Å²) in [7, 11) is 0. The van der Waals surface area contributed by atoms with E-state index in [0.717, 1.165) is 37.8 Å². The Bertz CT molecular complexity index is 780. The first-order chi connectivity index (χ1) is 13.4. The second-order valence-corrected chi connectivity index (χ2v) is 8.60. The van der Waals surface area contributed by atoms with Gasteiger partial charge in [-0.25, -0.2) is 0 Å². The Morgan fingerprint density at radius 1 is 1.18 bits per heavy atom. The van der Waals surface area contributed by atoms with Gasteiger partial charge in [0.2, 0.25) is 11.8 Å². The fourth-order valence-electron chi connectivity index (χ4n) is 4.93. The molecule has 4 rings (SSSR count). The van der Waals surface area contributed by atoms with Crippen molar-refractivity contribution in [2.45, 2.75) is 45.4 Å². The van der Waals surface area contributed by atoms with Crippen LogP contribution in [0.25, 0.3) is 0 Å². The molecule has 2 unspecified atom stereocenters.